The summed E-state index contributed by atoms with van der Waals surface area (Å²) in [5.41, 5.74) is 2.97. The van der Waals surface area contributed by atoms with Crippen molar-refractivity contribution < 1.29 is 14.6 Å². The maximum Gasteiger partial charge on any atom is 0.308 e. The van der Waals surface area contributed by atoms with E-state index in [0.29, 0.717) is 6.42 Å². The van der Waals surface area contributed by atoms with Gasteiger partial charge in [-0.1, -0.05) is 12.1 Å². The van der Waals surface area contributed by atoms with Crippen molar-refractivity contribution in [2.24, 2.45) is 5.92 Å². The van der Waals surface area contributed by atoms with E-state index in [-0.39, 0.29) is 17.6 Å². The number of ether oxygens (including phenoxy) is 1. The third-order valence-corrected chi connectivity index (χ3v) is 3.95. The Bertz CT molecular complexity index is 721. The van der Waals surface area contributed by atoms with Gasteiger partial charge in [0.15, 0.2) is 0 Å². The lowest BCUT2D eigenvalue weighted by molar-refractivity contribution is -0.145. The number of benzene rings is 1. The second-order valence-electron chi connectivity index (χ2n) is 5.30. The fraction of sp³-hybridized carbons (Fsp3) is 0.294. The van der Waals surface area contributed by atoms with Crippen LogP contribution in [0.15, 0.2) is 36.4 Å². The molecule has 1 aliphatic carbocycles. The molecule has 21 heavy (non-hydrogen) atoms. The van der Waals surface area contributed by atoms with Crippen LogP contribution in [-0.2, 0) is 9.53 Å². The summed E-state index contributed by atoms with van der Waals surface area (Å²) in [7, 11) is 1.43. The van der Waals surface area contributed by atoms with Gasteiger partial charge in [-0.3, -0.25) is 4.79 Å². The second-order valence-corrected chi connectivity index (χ2v) is 5.30. The van der Waals surface area contributed by atoms with Gasteiger partial charge in [0, 0.05) is 5.39 Å². The predicted octanol–water partition coefficient (Wildman–Crippen LogP) is 3.30. The lowest BCUT2D eigenvalue weighted by atomic mass is 9.88. The first kappa shape index (κ1) is 13.6. The zero-order chi connectivity index (χ0) is 14.8. The summed E-state index contributed by atoms with van der Waals surface area (Å²) >= 11 is 0. The van der Waals surface area contributed by atoms with E-state index in [1.54, 1.807) is 12.1 Å². The number of nitrogens with zero attached hydrogens (tertiary/aromatic N) is 1. The summed E-state index contributed by atoms with van der Waals surface area (Å²) in [5, 5.41) is 10.4. The highest BCUT2D eigenvalue weighted by atomic mass is 16.5. The highest BCUT2D eigenvalue weighted by Crippen LogP contribution is 2.31. The molecule has 4 nitrogen and oxygen atoms in total. The van der Waals surface area contributed by atoms with Crippen molar-refractivity contribution in [2.75, 3.05) is 7.11 Å². The largest absolute Gasteiger partial charge is 0.508 e. The van der Waals surface area contributed by atoms with E-state index >= 15 is 0 Å². The lowest BCUT2D eigenvalue weighted by Crippen LogP contribution is -2.18. The molecule has 0 aliphatic heterocycles. The van der Waals surface area contributed by atoms with Gasteiger partial charge in [0.1, 0.15) is 5.75 Å². The molecule has 0 saturated carbocycles. The molecule has 1 N–H and O–H groups in total. The van der Waals surface area contributed by atoms with Crippen molar-refractivity contribution in [1.82, 2.24) is 4.98 Å². The number of esters is 1. The van der Waals surface area contributed by atoms with Gasteiger partial charge in [0.2, 0.25) is 0 Å². The number of fused-ring (bicyclic) bond motifs is 1. The summed E-state index contributed by atoms with van der Waals surface area (Å²) in [4.78, 5) is 16.2. The number of hydrogen-bond acceptors (Lipinski definition) is 4. The third-order valence-electron chi connectivity index (χ3n) is 3.95. The molecule has 3 rings (SSSR count). The Balaban J connectivity index is 1.86. The van der Waals surface area contributed by atoms with Crippen LogP contribution in [0.5, 0.6) is 5.75 Å². The minimum absolute atomic E-state index is 0.0313. The molecule has 108 valence electrons. The Morgan fingerprint density at radius 3 is 2.90 bits per heavy atom. The number of pyridine rings is 1. The van der Waals surface area contributed by atoms with Crippen LogP contribution < -0.4 is 0 Å². The molecule has 1 heterocycles. The van der Waals surface area contributed by atoms with Crippen LogP contribution in [0.3, 0.4) is 0 Å². The number of rotatable bonds is 2. The number of carbonyl (C=O) groups is 1. The quantitative estimate of drug-likeness (QED) is 0.859. The van der Waals surface area contributed by atoms with E-state index in [1.807, 2.05) is 18.2 Å². The van der Waals surface area contributed by atoms with Crippen LogP contribution in [-0.4, -0.2) is 23.2 Å². The van der Waals surface area contributed by atoms with Crippen molar-refractivity contribution in [1.29, 1.82) is 0 Å². The molecule has 1 atom stereocenters. The predicted molar refractivity (Wildman–Crippen MR) is 80.7 cm³/mol. The van der Waals surface area contributed by atoms with Crippen LogP contribution in [0.25, 0.3) is 16.5 Å². The average Bonchev–Trinajstić information content (AvgIpc) is 2.53. The van der Waals surface area contributed by atoms with Gasteiger partial charge in [-0.05, 0) is 49.1 Å². The summed E-state index contributed by atoms with van der Waals surface area (Å²) in [5.74, 6) is 0.0817. The third kappa shape index (κ3) is 2.75. The highest BCUT2D eigenvalue weighted by Gasteiger charge is 2.22. The Morgan fingerprint density at radius 1 is 1.33 bits per heavy atom. The number of hydrogen-bond donors (Lipinski definition) is 1. The van der Waals surface area contributed by atoms with Gasteiger partial charge in [0.05, 0.1) is 24.2 Å². The first-order valence-corrected chi connectivity index (χ1v) is 7.04. The number of phenols is 1. The van der Waals surface area contributed by atoms with E-state index in [0.717, 1.165) is 29.4 Å². The molecule has 0 radical (unpaired) electrons. The fourth-order valence-corrected chi connectivity index (χ4v) is 2.74. The SMILES string of the molecule is COC(=O)C1CC=C(c2ccc3cc(O)ccc3n2)CC1. The molecule has 1 unspecified atom stereocenters. The summed E-state index contributed by atoms with van der Waals surface area (Å²) in [6.45, 7) is 0. The molecule has 0 fully saturated rings. The number of phenolic OH excluding ortho intramolecular Hbond substituents is 1. The molecular formula is C17H17NO3. The Labute approximate surface area is 123 Å². The van der Waals surface area contributed by atoms with E-state index in [4.69, 9.17) is 4.74 Å². The van der Waals surface area contributed by atoms with Crippen molar-refractivity contribution >= 4 is 22.4 Å². The number of allylic oxidation sites excluding steroid dienone is 2. The standard InChI is InChI=1S/C17H17NO3/c1-21-17(20)12-4-2-11(3-5-12)15-8-6-13-10-14(19)7-9-16(13)18-15/h2,6-10,12,19H,3-5H2,1H3. The van der Waals surface area contributed by atoms with Gasteiger partial charge < -0.3 is 9.84 Å². The van der Waals surface area contributed by atoms with Crippen molar-refractivity contribution in [2.45, 2.75) is 19.3 Å². The van der Waals surface area contributed by atoms with Crippen LogP contribution >= 0.6 is 0 Å². The van der Waals surface area contributed by atoms with Crippen molar-refractivity contribution in [3.05, 3.63) is 42.1 Å². The molecular weight excluding hydrogens is 266 g/mol. The van der Waals surface area contributed by atoms with Crippen molar-refractivity contribution in [3.63, 3.8) is 0 Å². The molecule has 1 aliphatic rings. The lowest BCUT2D eigenvalue weighted by Gasteiger charge is -2.19. The number of aromatic nitrogens is 1. The van der Waals surface area contributed by atoms with Crippen LogP contribution in [0.4, 0.5) is 0 Å². The first-order valence-electron chi connectivity index (χ1n) is 7.04. The smallest absolute Gasteiger partial charge is 0.308 e. The molecule has 0 amide bonds. The zero-order valence-electron chi connectivity index (χ0n) is 11.9. The summed E-state index contributed by atoms with van der Waals surface area (Å²) in [6, 6.07) is 9.09. The molecule has 2 aromatic rings. The highest BCUT2D eigenvalue weighted by molar-refractivity contribution is 5.82. The Kier molecular flexibility index (Phi) is 3.60. The van der Waals surface area contributed by atoms with Gasteiger partial charge in [-0.25, -0.2) is 4.98 Å². The molecule has 0 bridgehead atoms. The normalized spacial score (nSPS) is 18.3. The van der Waals surface area contributed by atoms with Gasteiger partial charge in [0.25, 0.3) is 0 Å². The first-order chi connectivity index (χ1) is 10.2. The molecule has 1 aromatic carbocycles. The van der Waals surface area contributed by atoms with Crippen LogP contribution in [0, 0.1) is 5.92 Å². The summed E-state index contributed by atoms with van der Waals surface area (Å²) in [6.07, 6.45) is 4.42. The minimum Gasteiger partial charge on any atom is -0.508 e. The number of carbonyl (C=O) groups excluding carboxylic acids is 1. The maximum atomic E-state index is 11.5. The molecule has 0 spiro atoms. The number of aromatic hydroxyl groups is 1. The zero-order valence-corrected chi connectivity index (χ0v) is 11.9. The van der Waals surface area contributed by atoms with Gasteiger partial charge in [-0.15, -0.1) is 0 Å². The fourth-order valence-electron chi connectivity index (χ4n) is 2.74. The monoisotopic (exact) mass is 283 g/mol. The molecule has 1 aromatic heterocycles. The van der Waals surface area contributed by atoms with Crippen molar-refractivity contribution in [3.8, 4) is 5.75 Å². The second kappa shape index (κ2) is 5.56. The van der Waals surface area contributed by atoms with E-state index < -0.39 is 0 Å². The number of methoxy groups -OCH3 is 1. The minimum atomic E-state index is -0.132. The average molecular weight is 283 g/mol. The van der Waals surface area contributed by atoms with E-state index in [9.17, 15) is 9.90 Å². The topological polar surface area (TPSA) is 59.4 Å². The summed E-state index contributed by atoms with van der Waals surface area (Å²) < 4.78 is 4.79. The van der Waals surface area contributed by atoms with Crippen LogP contribution in [0.1, 0.15) is 25.0 Å². The van der Waals surface area contributed by atoms with Crippen LogP contribution in [0.2, 0.25) is 0 Å². The Hall–Kier alpha value is -2.36. The Morgan fingerprint density at radius 2 is 2.19 bits per heavy atom. The van der Waals surface area contributed by atoms with E-state index in [1.165, 1.54) is 12.7 Å². The van der Waals surface area contributed by atoms with Gasteiger partial charge in [-0.2, -0.15) is 0 Å². The molecule has 4 heteroatoms. The maximum absolute atomic E-state index is 11.5. The molecule has 0 saturated heterocycles. The van der Waals surface area contributed by atoms with E-state index in [2.05, 4.69) is 11.1 Å². The van der Waals surface area contributed by atoms with Gasteiger partial charge >= 0.3 is 5.97 Å².